The van der Waals surface area contributed by atoms with Crippen LogP contribution in [0, 0.1) is 0 Å². The van der Waals surface area contributed by atoms with Gasteiger partial charge in [0.2, 0.25) is 10.0 Å². The molecule has 0 aromatic heterocycles. The van der Waals surface area contributed by atoms with Gasteiger partial charge < -0.3 is 15.0 Å². The number of ether oxygens (including phenoxy) is 1. The van der Waals surface area contributed by atoms with Crippen LogP contribution in [0.15, 0.2) is 29.2 Å². The van der Waals surface area contributed by atoms with E-state index in [0.29, 0.717) is 45.0 Å². The van der Waals surface area contributed by atoms with Crippen molar-refractivity contribution >= 4 is 15.9 Å². The number of carbonyl (C=O) groups excluding carboxylic acids is 1. The van der Waals surface area contributed by atoms with E-state index in [0.717, 1.165) is 6.54 Å². The smallest absolute Gasteiger partial charge is 0.254 e. The Bertz CT molecular complexity index is 742. The number of piperazine rings is 1. The van der Waals surface area contributed by atoms with Crippen molar-refractivity contribution in [2.45, 2.75) is 24.3 Å². The Morgan fingerprint density at radius 1 is 1.20 bits per heavy atom. The first-order chi connectivity index (χ1) is 11.8. The molecule has 0 spiro atoms. The largest absolute Gasteiger partial charge is 0.379 e. The van der Waals surface area contributed by atoms with Crippen LogP contribution < -0.4 is 5.32 Å². The van der Waals surface area contributed by atoms with E-state index in [1.165, 1.54) is 10.4 Å². The average Bonchev–Trinajstić information content (AvgIpc) is 2.61. The van der Waals surface area contributed by atoms with Gasteiger partial charge >= 0.3 is 0 Å². The molecule has 0 unspecified atom stereocenters. The molecule has 0 bridgehead atoms. The number of nitrogens with zero attached hydrogens (tertiary/aromatic N) is 2. The van der Waals surface area contributed by atoms with E-state index in [4.69, 9.17) is 4.74 Å². The van der Waals surface area contributed by atoms with Crippen molar-refractivity contribution in [3.8, 4) is 0 Å². The zero-order valence-corrected chi connectivity index (χ0v) is 15.5. The molecule has 0 aliphatic carbocycles. The predicted octanol–water partition coefficient (Wildman–Crippen LogP) is 0.532. The van der Waals surface area contributed by atoms with Crippen molar-refractivity contribution in [3.63, 3.8) is 0 Å². The van der Waals surface area contributed by atoms with Gasteiger partial charge in [-0.1, -0.05) is 6.07 Å². The third kappa shape index (κ3) is 4.03. The highest BCUT2D eigenvalue weighted by atomic mass is 32.2. The summed E-state index contributed by atoms with van der Waals surface area (Å²) in [6, 6.07) is 6.34. The molecule has 1 amide bonds. The topological polar surface area (TPSA) is 79.0 Å². The van der Waals surface area contributed by atoms with Crippen LogP contribution in [-0.4, -0.2) is 75.0 Å². The number of hydrogen-bond donors (Lipinski definition) is 1. The number of amides is 1. The number of sulfonamides is 1. The highest BCUT2D eigenvalue weighted by Crippen LogP contribution is 2.20. The number of carbonyl (C=O) groups is 1. The molecule has 0 radical (unpaired) electrons. The summed E-state index contributed by atoms with van der Waals surface area (Å²) in [6.45, 7) is 7.50. The summed E-state index contributed by atoms with van der Waals surface area (Å²) in [5.41, 5.74) is 0.262. The van der Waals surface area contributed by atoms with Crippen molar-refractivity contribution in [1.82, 2.24) is 14.5 Å². The van der Waals surface area contributed by atoms with E-state index in [1.54, 1.807) is 23.1 Å². The predicted molar refractivity (Wildman–Crippen MR) is 94.0 cm³/mol. The van der Waals surface area contributed by atoms with Crippen LogP contribution in [0.1, 0.15) is 24.2 Å². The van der Waals surface area contributed by atoms with Crippen molar-refractivity contribution in [3.05, 3.63) is 29.8 Å². The fraction of sp³-hybridized carbons (Fsp3) is 0.588. The Morgan fingerprint density at radius 3 is 2.60 bits per heavy atom. The Labute approximate surface area is 149 Å². The average molecular weight is 367 g/mol. The zero-order valence-electron chi connectivity index (χ0n) is 14.7. The lowest BCUT2D eigenvalue weighted by molar-refractivity contribution is 0.0651. The van der Waals surface area contributed by atoms with Crippen LogP contribution in [0.2, 0.25) is 0 Å². The van der Waals surface area contributed by atoms with Gasteiger partial charge in [0.1, 0.15) is 0 Å². The minimum Gasteiger partial charge on any atom is -0.379 e. The first-order valence-electron chi connectivity index (χ1n) is 8.52. The monoisotopic (exact) mass is 367 g/mol. The highest BCUT2D eigenvalue weighted by molar-refractivity contribution is 7.89. The standard InChI is InChI=1S/C17H25N3O4S/c1-17(2)13-19(7-6-18-17)16(21)14-4-3-5-15(12-14)25(22,23)20-8-10-24-11-9-20/h3-5,12,18H,6-11,13H2,1-2H3. The molecule has 2 aliphatic rings. The lowest BCUT2D eigenvalue weighted by Crippen LogP contribution is -2.58. The number of morpholine rings is 1. The van der Waals surface area contributed by atoms with Crippen LogP contribution in [-0.2, 0) is 14.8 Å². The Balaban J connectivity index is 1.82. The molecule has 25 heavy (non-hydrogen) atoms. The van der Waals surface area contributed by atoms with Crippen molar-refractivity contribution in [2.75, 3.05) is 45.9 Å². The molecular formula is C17H25N3O4S. The molecule has 138 valence electrons. The van der Waals surface area contributed by atoms with Crippen molar-refractivity contribution in [2.24, 2.45) is 0 Å². The Morgan fingerprint density at radius 2 is 1.92 bits per heavy atom. The van der Waals surface area contributed by atoms with Crippen LogP contribution in [0.25, 0.3) is 0 Å². The van der Waals surface area contributed by atoms with Crippen molar-refractivity contribution in [1.29, 1.82) is 0 Å². The molecule has 3 rings (SSSR count). The van der Waals surface area contributed by atoms with Gasteiger partial charge in [-0.05, 0) is 32.0 Å². The zero-order chi connectivity index (χ0) is 18.1. The minimum atomic E-state index is -3.60. The van der Waals surface area contributed by atoms with E-state index >= 15 is 0 Å². The van der Waals surface area contributed by atoms with Crippen LogP contribution in [0.5, 0.6) is 0 Å². The Hall–Kier alpha value is -1.48. The second-order valence-electron chi connectivity index (χ2n) is 7.08. The third-order valence-electron chi connectivity index (χ3n) is 4.55. The Kier molecular flexibility index (Phi) is 5.15. The molecule has 1 N–H and O–H groups in total. The van der Waals surface area contributed by atoms with Gasteiger partial charge in [-0.3, -0.25) is 4.79 Å². The summed E-state index contributed by atoms with van der Waals surface area (Å²) >= 11 is 0. The molecule has 7 nitrogen and oxygen atoms in total. The number of nitrogens with one attached hydrogen (secondary N) is 1. The summed E-state index contributed by atoms with van der Waals surface area (Å²) in [6.07, 6.45) is 0. The normalized spacial score (nSPS) is 21.9. The molecule has 0 atom stereocenters. The third-order valence-corrected chi connectivity index (χ3v) is 6.44. The van der Waals surface area contributed by atoms with Gasteiger partial charge in [-0.25, -0.2) is 8.42 Å². The molecule has 2 fully saturated rings. The van der Waals surface area contributed by atoms with Gasteiger partial charge in [0.05, 0.1) is 18.1 Å². The van der Waals surface area contributed by atoms with Crippen LogP contribution in [0.4, 0.5) is 0 Å². The summed E-state index contributed by atoms with van der Waals surface area (Å²) < 4.78 is 32.2. The second-order valence-corrected chi connectivity index (χ2v) is 9.02. The van der Waals surface area contributed by atoms with E-state index in [9.17, 15) is 13.2 Å². The molecule has 0 saturated carbocycles. The number of rotatable bonds is 3. The van der Waals surface area contributed by atoms with E-state index in [1.807, 2.05) is 13.8 Å². The summed E-state index contributed by atoms with van der Waals surface area (Å²) in [4.78, 5) is 14.7. The second kappa shape index (κ2) is 7.03. The van der Waals surface area contributed by atoms with Crippen LogP contribution >= 0.6 is 0 Å². The molecule has 2 heterocycles. The van der Waals surface area contributed by atoms with Crippen LogP contribution in [0.3, 0.4) is 0 Å². The lowest BCUT2D eigenvalue weighted by Gasteiger charge is -2.39. The van der Waals surface area contributed by atoms with E-state index in [2.05, 4.69) is 5.32 Å². The van der Waals surface area contributed by atoms with Crippen molar-refractivity contribution < 1.29 is 17.9 Å². The molecule has 8 heteroatoms. The number of hydrogen-bond acceptors (Lipinski definition) is 5. The SMILES string of the molecule is CC1(C)CN(C(=O)c2cccc(S(=O)(=O)N3CCOCC3)c2)CCN1. The van der Waals surface area contributed by atoms with Gasteiger partial charge in [0.15, 0.2) is 0 Å². The van der Waals surface area contributed by atoms with Gasteiger partial charge in [-0.2, -0.15) is 4.31 Å². The maximum absolute atomic E-state index is 12.8. The highest BCUT2D eigenvalue weighted by Gasteiger charge is 2.30. The quantitative estimate of drug-likeness (QED) is 0.843. The fourth-order valence-corrected chi connectivity index (χ4v) is 4.68. The maximum Gasteiger partial charge on any atom is 0.254 e. The van der Waals surface area contributed by atoms with Gasteiger partial charge in [0.25, 0.3) is 5.91 Å². The minimum absolute atomic E-state index is 0.131. The number of benzene rings is 1. The van der Waals surface area contributed by atoms with Gasteiger partial charge in [-0.15, -0.1) is 0 Å². The summed E-state index contributed by atoms with van der Waals surface area (Å²) in [7, 11) is -3.60. The van der Waals surface area contributed by atoms with E-state index < -0.39 is 10.0 Å². The first-order valence-corrected chi connectivity index (χ1v) is 9.96. The maximum atomic E-state index is 12.8. The summed E-state index contributed by atoms with van der Waals surface area (Å²) in [5.74, 6) is -0.131. The molecule has 2 aliphatic heterocycles. The lowest BCUT2D eigenvalue weighted by atomic mass is 10.0. The molecule has 1 aromatic rings. The molecular weight excluding hydrogens is 342 g/mol. The molecule has 1 aromatic carbocycles. The fourth-order valence-electron chi connectivity index (χ4n) is 3.22. The molecule has 2 saturated heterocycles. The van der Waals surface area contributed by atoms with E-state index in [-0.39, 0.29) is 16.3 Å². The first kappa shape index (κ1) is 18.3. The summed E-state index contributed by atoms with van der Waals surface area (Å²) in [5, 5.41) is 3.37. The van der Waals surface area contributed by atoms with Gasteiger partial charge in [0, 0.05) is 43.8 Å².